The Morgan fingerprint density at radius 3 is 2.71 bits per heavy atom. The van der Waals surface area contributed by atoms with Crippen LogP contribution < -0.4 is 5.32 Å². The van der Waals surface area contributed by atoms with Crippen molar-refractivity contribution < 1.29 is 14.3 Å². The molecule has 0 radical (unpaired) electrons. The minimum Gasteiger partial charge on any atom is -0.466 e. The Bertz CT molecular complexity index is 887. The van der Waals surface area contributed by atoms with Gasteiger partial charge in [0.2, 0.25) is 5.91 Å². The molecule has 0 saturated carbocycles. The first-order valence-corrected chi connectivity index (χ1v) is 11.0. The number of thioether (sulfide) groups is 2. The van der Waals surface area contributed by atoms with Crippen LogP contribution in [-0.2, 0) is 14.3 Å². The molecule has 0 bridgehead atoms. The number of benzene rings is 2. The van der Waals surface area contributed by atoms with Crippen LogP contribution in [0.4, 0.5) is 11.4 Å². The molecule has 0 unspecified atom stereocenters. The highest BCUT2D eigenvalue weighted by molar-refractivity contribution is 8.17. The minimum atomic E-state index is -0.265. The van der Waals surface area contributed by atoms with Crippen molar-refractivity contribution in [1.29, 1.82) is 0 Å². The highest BCUT2D eigenvalue weighted by atomic mass is 35.5. The Labute approximate surface area is 177 Å². The molecule has 146 valence electrons. The highest BCUT2D eigenvalue weighted by Gasteiger charge is 2.27. The number of hydrogen-bond acceptors (Lipinski definition) is 6. The third kappa shape index (κ3) is 5.77. The monoisotopic (exact) mass is 434 g/mol. The summed E-state index contributed by atoms with van der Waals surface area (Å²) in [6.45, 7) is 2.13. The summed E-state index contributed by atoms with van der Waals surface area (Å²) in [6, 6.07) is 14.7. The van der Waals surface area contributed by atoms with Gasteiger partial charge in [-0.2, -0.15) is 0 Å². The number of aliphatic imine (C=N–C) groups is 1. The fourth-order valence-corrected chi connectivity index (χ4v) is 4.87. The molecule has 1 aliphatic rings. The molecule has 1 amide bonds. The number of hydrogen-bond donors (Lipinski definition) is 1. The zero-order valence-corrected chi connectivity index (χ0v) is 17.6. The smallest absolute Gasteiger partial charge is 0.307 e. The number of nitrogens with one attached hydrogen (secondary N) is 1. The van der Waals surface area contributed by atoms with Crippen molar-refractivity contribution in [1.82, 2.24) is 0 Å². The molecule has 0 aliphatic carbocycles. The summed E-state index contributed by atoms with van der Waals surface area (Å²) in [4.78, 5) is 30.0. The van der Waals surface area contributed by atoms with Crippen molar-refractivity contribution in [3.05, 3.63) is 53.6 Å². The van der Waals surface area contributed by atoms with Gasteiger partial charge < -0.3 is 10.1 Å². The first-order valence-electron chi connectivity index (χ1n) is 8.73. The first-order chi connectivity index (χ1) is 13.5. The zero-order chi connectivity index (χ0) is 19.9. The van der Waals surface area contributed by atoms with E-state index in [-0.39, 0.29) is 29.3 Å². The highest BCUT2D eigenvalue weighted by Crippen LogP contribution is 2.41. The molecular formula is C20H19ClN2O3S2. The van der Waals surface area contributed by atoms with E-state index in [9.17, 15) is 9.59 Å². The molecule has 3 rings (SSSR count). The third-order valence-electron chi connectivity index (χ3n) is 3.78. The van der Waals surface area contributed by atoms with Crippen LogP contribution in [0.25, 0.3) is 0 Å². The number of fused-ring (bicyclic) bond motifs is 1. The van der Waals surface area contributed by atoms with E-state index < -0.39 is 0 Å². The Balaban J connectivity index is 1.67. The van der Waals surface area contributed by atoms with Gasteiger partial charge in [0.15, 0.2) is 0 Å². The van der Waals surface area contributed by atoms with Crippen LogP contribution >= 0.6 is 35.1 Å². The number of nitrogens with zero attached hydrogens (tertiary/aromatic N) is 1. The number of ether oxygens (including phenoxy) is 1. The average molecular weight is 435 g/mol. The molecule has 2 aromatic carbocycles. The molecule has 0 saturated heterocycles. The van der Waals surface area contributed by atoms with Crippen LogP contribution in [0.15, 0.2) is 58.4 Å². The molecule has 0 aromatic heterocycles. The number of anilines is 1. The van der Waals surface area contributed by atoms with Crippen LogP contribution in [0.3, 0.4) is 0 Å². The normalized spacial score (nSPS) is 15.4. The summed E-state index contributed by atoms with van der Waals surface area (Å²) in [7, 11) is 0. The molecule has 0 fully saturated rings. The van der Waals surface area contributed by atoms with Gasteiger partial charge in [-0.05, 0) is 43.3 Å². The minimum absolute atomic E-state index is 0.145. The first kappa shape index (κ1) is 20.8. The molecule has 1 atom stereocenters. The molecular weight excluding hydrogens is 416 g/mol. The van der Waals surface area contributed by atoms with Gasteiger partial charge in [0.1, 0.15) is 0 Å². The summed E-state index contributed by atoms with van der Waals surface area (Å²) in [5, 5.41) is 4.03. The molecule has 1 N–H and O–H groups in total. The lowest BCUT2D eigenvalue weighted by molar-refractivity contribution is -0.142. The molecule has 2 aromatic rings. The van der Waals surface area contributed by atoms with Gasteiger partial charge in [0, 0.05) is 15.6 Å². The number of esters is 1. The Hall–Kier alpha value is -1.96. The van der Waals surface area contributed by atoms with Gasteiger partial charge >= 0.3 is 5.97 Å². The summed E-state index contributed by atoms with van der Waals surface area (Å²) >= 11 is 8.78. The van der Waals surface area contributed by atoms with E-state index in [2.05, 4.69) is 10.3 Å². The van der Waals surface area contributed by atoms with Crippen LogP contribution in [-0.4, -0.2) is 34.5 Å². The second-order valence-corrected chi connectivity index (χ2v) is 8.55. The Kier molecular flexibility index (Phi) is 7.42. The zero-order valence-electron chi connectivity index (χ0n) is 15.2. The van der Waals surface area contributed by atoms with Crippen molar-refractivity contribution in [2.24, 2.45) is 4.99 Å². The predicted molar refractivity (Wildman–Crippen MR) is 117 cm³/mol. The fraction of sp³-hybridized carbons (Fsp3) is 0.250. The number of amides is 1. The fourth-order valence-electron chi connectivity index (χ4n) is 2.54. The van der Waals surface area contributed by atoms with Gasteiger partial charge in [-0.3, -0.25) is 9.59 Å². The standard InChI is InChI=1S/C20H19ClN2O3S2/c1-2-26-19(25)11-17-20(23-15-5-3-4-6-16(15)28-17)27-12-18(24)22-14-9-7-13(21)8-10-14/h3-10,17H,2,11-12H2,1H3,(H,22,24)/t17-/m1/s1. The van der Waals surface area contributed by atoms with Crippen molar-refractivity contribution in [3.8, 4) is 0 Å². The number of carbonyl (C=O) groups is 2. The van der Waals surface area contributed by atoms with E-state index >= 15 is 0 Å². The maximum atomic E-state index is 12.3. The number of carbonyl (C=O) groups excluding carboxylic acids is 2. The number of rotatable bonds is 6. The molecule has 1 heterocycles. The Morgan fingerprint density at radius 1 is 1.21 bits per heavy atom. The van der Waals surface area contributed by atoms with Gasteiger partial charge in [-0.1, -0.05) is 35.5 Å². The molecule has 1 aliphatic heterocycles. The van der Waals surface area contributed by atoms with Crippen molar-refractivity contribution in [2.75, 3.05) is 17.7 Å². The van der Waals surface area contributed by atoms with Crippen molar-refractivity contribution in [2.45, 2.75) is 23.5 Å². The SMILES string of the molecule is CCOC(=O)C[C@H]1Sc2ccccc2N=C1SCC(=O)Nc1ccc(Cl)cc1. The van der Waals surface area contributed by atoms with E-state index in [1.807, 2.05) is 24.3 Å². The van der Waals surface area contributed by atoms with Gasteiger partial charge in [-0.15, -0.1) is 11.8 Å². The van der Waals surface area contributed by atoms with E-state index in [1.54, 1.807) is 43.0 Å². The predicted octanol–water partition coefficient (Wildman–Crippen LogP) is 5.17. The molecule has 5 nitrogen and oxygen atoms in total. The van der Waals surface area contributed by atoms with Crippen LogP contribution in [0, 0.1) is 0 Å². The largest absolute Gasteiger partial charge is 0.466 e. The van der Waals surface area contributed by atoms with E-state index in [4.69, 9.17) is 16.3 Å². The van der Waals surface area contributed by atoms with Crippen LogP contribution in [0.1, 0.15) is 13.3 Å². The summed E-state index contributed by atoms with van der Waals surface area (Å²) < 4.78 is 5.09. The lowest BCUT2D eigenvalue weighted by Crippen LogP contribution is -2.24. The lowest BCUT2D eigenvalue weighted by atomic mass is 10.3. The van der Waals surface area contributed by atoms with E-state index in [0.717, 1.165) is 15.6 Å². The quantitative estimate of drug-likeness (QED) is 0.635. The maximum absolute atomic E-state index is 12.3. The van der Waals surface area contributed by atoms with Gasteiger partial charge in [0.25, 0.3) is 0 Å². The maximum Gasteiger partial charge on any atom is 0.307 e. The summed E-state index contributed by atoms with van der Waals surface area (Å²) in [6.07, 6.45) is 0.220. The number of halogens is 1. The summed E-state index contributed by atoms with van der Waals surface area (Å²) in [5.74, 6) is -0.212. The molecule has 8 heteroatoms. The Morgan fingerprint density at radius 2 is 1.96 bits per heavy atom. The molecule has 0 spiro atoms. The summed E-state index contributed by atoms with van der Waals surface area (Å²) in [5.41, 5.74) is 1.54. The lowest BCUT2D eigenvalue weighted by Gasteiger charge is -2.23. The molecule has 28 heavy (non-hydrogen) atoms. The average Bonchev–Trinajstić information content (AvgIpc) is 2.68. The van der Waals surface area contributed by atoms with Crippen LogP contribution in [0.2, 0.25) is 5.02 Å². The second kappa shape index (κ2) is 10.0. The van der Waals surface area contributed by atoms with Gasteiger partial charge in [-0.25, -0.2) is 4.99 Å². The van der Waals surface area contributed by atoms with E-state index in [1.165, 1.54) is 11.8 Å². The van der Waals surface area contributed by atoms with E-state index in [0.29, 0.717) is 17.3 Å². The van der Waals surface area contributed by atoms with Crippen LogP contribution in [0.5, 0.6) is 0 Å². The topological polar surface area (TPSA) is 67.8 Å². The van der Waals surface area contributed by atoms with Gasteiger partial charge in [0.05, 0.1) is 34.8 Å². The van der Waals surface area contributed by atoms with Crippen molar-refractivity contribution in [3.63, 3.8) is 0 Å². The van der Waals surface area contributed by atoms with Crippen molar-refractivity contribution >= 4 is 63.4 Å². The number of para-hydroxylation sites is 1. The third-order valence-corrected chi connectivity index (χ3v) is 6.53. The second-order valence-electron chi connectivity index (χ2n) is 5.88.